The van der Waals surface area contributed by atoms with Crippen molar-refractivity contribution in [3.8, 4) is 17.2 Å². The van der Waals surface area contributed by atoms with Crippen LogP contribution in [0.5, 0.6) is 17.2 Å². The third kappa shape index (κ3) is 4.01. The number of nitrogens with one attached hydrogen (secondary N) is 1. The minimum Gasteiger partial charge on any atom is -0.497 e. The summed E-state index contributed by atoms with van der Waals surface area (Å²) >= 11 is 0. The van der Waals surface area contributed by atoms with Gasteiger partial charge in [0.15, 0.2) is 0 Å². The molecule has 29 heavy (non-hydrogen) atoms. The first-order valence-electron chi connectivity index (χ1n) is 9.11. The Morgan fingerprint density at radius 3 is 2.45 bits per heavy atom. The summed E-state index contributed by atoms with van der Waals surface area (Å²) in [5.74, 6) is -0.902. The van der Waals surface area contributed by atoms with Crippen molar-refractivity contribution in [2.24, 2.45) is 5.92 Å². The Morgan fingerprint density at radius 1 is 1.00 bits per heavy atom. The Morgan fingerprint density at radius 2 is 1.76 bits per heavy atom. The van der Waals surface area contributed by atoms with E-state index in [4.69, 9.17) is 14.2 Å². The maximum Gasteiger partial charge on any atom is 0.335 e. The molecular formula is C21H22N2O6. The summed E-state index contributed by atoms with van der Waals surface area (Å²) in [4.78, 5) is 39.0. The molecule has 1 aliphatic rings. The van der Waals surface area contributed by atoms with Crippen LogP contribution >= 0.6 is 0 Å². The molecule has 8 nitrogen and oxygen atoms in total. The SMILES string of the molecule is CCOc1ccccc1N1C(=O)NC(=O)[C@H](Cc2ccc(OC)cc2OC)C1=O. The summed E-state index contributed by atoms with van der Waals surface area (Å²) < 4.78 is 16.1. The largest absolute Gasteiger partial charge is 0.497 e. The van der Waals surface area contributed by atoms with Gasteiger partial charge in [-0.2, -0.15) is 0 Å². The van der Waals surface area contributed by atoms with E-state index in [1.807, 2.05) is 0 Å². The fourth-order valence-electron chi connectivity index (χ4n) is 3.18. The van der Waals surface area contributed by atoms with E-state index in [9.17, 15) is 14.4 Å². The number of urea groups is 1. The molecule has 1 heterocycles. The zero-order valence-corrected chi connectivity index (χ0v) is 16.4. The van der Waals surface area contributed by atoms with Crippen molar-refractivity contribution in [2.45, 2.75) is 13.3 Å². The van der Waals surface area contributed by atoms with Gasteiger partial charge in [-0.1, -0.05) is 18.2 Å². The Hall–Kier alpha value is -3.55. The average molecular weight is 398 g/mol. The molecule has 0 spiro atoms. The number of para-hydroxylation sites is 2. The molecule has 1 N–H and O–H groups in total. The molecule has 1 aliphatic heterocycles. The van der Waals surface area contributed by atoms with Crippen LogP contribution < -0.4 is 24.4 Å². The molecule has 2 aromatic carbocycles. The highest BCUT2D eigenvalue weighted by Crippen LogP contribution is 2.33. The summed E-state index contributed by atoms with van der Waals surface area (Å²) in [6.45, 7) is 2.17. The van der Waals surface area contributed by atoms with Gasteiger partial charge in [0, 0.05) is 6.07 Å². The quantitative estimate of drug-likeness (QED) is 0.721. The lowest BCUT2D eigenvalue weighted by Crippen LogP contribution is -2.58. The number of ether oxygens (including phenoxy) is 3. The van der Waals surface area contributed by atoms with Gasteiger partial charge in [-0.25, -0.2) is 9.69 Å². The summed E-state index contributed by atoms with van der Waals surface area (Å²) in [6.07, 6.45) is 0.0679. The predicted octanol–water partition coefficient (Wildman–Crippen LogP) is 2.54. The zero-order valence-electron chi connectivity index (χ0n) is 16.4. The molecular weight excluding hydrogens is 376 g/mol. The molecule has 0 radical (unpaired) electrons. The van der Waals surface area contributed by atoms with Crippen molar-refractivity contribution in [2.75, 3.05) is 25.7 Å². The van der Waals surface area contributed by atoms with Crippen molar-refractivity contribution >= 4 is 23.5 Å². The summed E-state index contributed by atoms with van der Waals surface area (Å²) in [7, 11) is 3.03. The molecule has 0 aromatic heterocycles. The van der Waals surface area contributed by atoms with Gasteiger partial charge in [0.1, 0.15) is 23.2 Å². The summed E-state index contributed by atoms with van der Waals surface area (Å²) in [5.41, 5.74) is 0.935. The third-order valence-electron chi connectivity index (χ3n) is 4.59. The Labute approximate surface area is 168 Å². The number of nitrogens with zero attached hydrogens (tertiary/aromatic N) is 1. The Balaban J connectivity index is 1.94. The number of imide groups is 2. The average Bonchev–Trinajstić information content (AvgIpc) is 2.72. The van der Waals surface area contributed by atoms with E-state index in [-0.39, 0.29) is 12.1 Å². The monoisotopic (exact) mass is 398 g/mol. The van der Waals surface area contributed by atoms with Gasteiger partial charge in [0.2, 0.25) is 11.8 Å². The smallest absolute Gasteiger partial charge is 0.335 e. The van der Waals surface area contributed by atoms with E-state index >= 15 is 0 Å². The van der Waals surface area contributed by atoms with E-state index in [0.29, 0.717) is 29.4 Å². The van der Waals surface area contributed by atoms with Crippen LogP contribution in [0.4, 0.5) is 10.5 Å². The van der Waals surface area contributed by atoms with Crippen molar-refractivity contribution in [3.05, 3.63) is 48.0 Å². The van der Waals surface area contributed by atoms with E-state index in [0.717, 1.165) is 4.90 Å². The molecule has 1 saturated heterocycles. The molecule has 0 saturated carbocycles. The van der Waals surface area contributed by atoms with Gasteiger partial charge < -0.3 is 14.2 Å². The molecule has 2 aromatic rings. The maximum absolute atomic E-state index is 13.2. The number of hydrogen-bond donors (Lipinski definition) is 1. The van der Waals surface area contributed by atoms with Crippen LogP contribution in [0.2, 0.25) is 0 Å². The highest BCUT2D eigenvalue weighted by molar-refractivity contribution is 6.28. The number of amides is 4. The van der Waals surface area contributed by atoms with E-state index in [1.165, 1.54) is 14.2 Å². The first-order chi connectivity index (χ1) is 14.0. The molecule has 1 fully saturated rings. The lowest BCUT2D eigenvalue weighted by atomic mass is 9.94. The highest BCUT2D eigenvalue weighted by atomic mass is 16.5. The fourth-order valence-corrected chi connectivity index (χ4v) is 3.18. The summed E-state index contributed by atoms with van der Waals surface area (Å²) in [6, 6.07) is 11.0. The fraction of sp³-hybridized carbons (Fsp3) is 0.286. The molecule has 0 bridgehead atoms. The second-order valence-electron chi connectivity index (χ2n) is 6.30. The Kier molecular flexibility index (Phi) is 6.01. The molecule has 8 heteroatoms. The third-order valence-corrected chi connectivity index (χ3v) is 4.59. The molecule has 152 valence electrons. The van der Waals surface area contributed by atoms with Gasteiger partial charge >= 0.3 is 6.03 Å². The van der Waals surface area contributed by atoms with Crippen molar-refractivity contribution in [3.63, 3.8) is 0 Å². The lowest BCUT2D eigenvalue weighted by molar-refractivity contribution is -0.134. The van der Waals surface area contributed by atoms with Crippen molar-refractivity contribution < 1.29 is 28.6 Å². The second kappa shape index (κ2) is 8.64. The molecule has 0 unspecified atom stereocenters. The maximum atomic E-state index is 13.2. The van der Waals surface area contributed by atoms with Crippen LogP contribution in [0, 0.1) is 5.92 Å². The number of barbiturate groups is 1. The molecule has 1 atom stereocenters. The standard InChI is InChI=1S/C21H22N2O6/c1-4-29-17-8-6-5-7-16(17)23-20(25)15(19(24)22-21(23)26)11-13-9-10-14(27-2)12-18(13)28-3/h5-10,12,15H,4,11H2,1-3H3,(H,22,24,26)/t15-/m0/s1. The van der Waals surface area contributed by atoms with E-state index in [1.54, 1.807) is 49.4 Å². The molecule has 4 amide bonds. The predicted molar refractivity (Wildman–Crippen MR) is 105 cm³/mol. The number of carbonyl (C=O) groups excluding carboxylic acids is 3. The van der Waals surface area contributed by atoms with E-state index < -0.39 is 23.8 Å². The number of methoxy groups -OCH3 is 2. The van der Waals surface area contributed by atoms with Crippen LogP contribution in [0.15, 0.2) is 42.5 Å². The first-order valence-corrected chi connectivity index (χ1v) is 9.11. The second-order valence-corrected chi connectivity index (χ2v) is 6.30. The first kappa shape index (κ1) is 20.2. The number of rotatable bonds is 7. The number of anilines is 1. The highest BCUT2D eigenvalue weighted by Gasteiger charge is 2.42. The van der Waals surface area contributed by atoms with Gasteiger partial charge in [-0.05, 0) is 37.1 Å². The van der Waals surface area contributed by atoms with Crippen molar-refractivity contribution in [1.29, 1.82) is 0 Å². The van der Waals surface area contributed by atoms with Crippen LogP contribution in [0.25, 0.3) is 0 Å². The number of hydrogen-bond acceptors (Lipinski definition) is 6. The van der Waals surface area contributed by atoms with Crippen LogP contribution in [-0.2, 0) is 16.0 Å². The zero-order chi connectivity index (χ0) is 21.0. The van der Waals surface area contributed by atoms with Crippen LogP contribution in [-0.4, -0.2) is 38.7 Å². The Bertz CT molecular complexity index is 943. The number of carbonyl (C=O) groups is 3. The van der Waals surface area contributed by atoms with Crippen molar-refractivity contribution in [1.82, 2.24) is 5.32 Å². The molecule has 3 rings (SSSR count). The number of benzene rings is 2. The minimum atomic E-state index is -1.09. The van der Waals surface area contributed by atoms with Crippen LogP contribution in [0.3, 0.4) is 0 Å². The summed E-state index contributed by atoms with van der Waals surface area (Å²) in [5, 5.41) is 2.26. The van der Waals surface area contributed by atoms with Gasteiger partial charge in [-0.3, -0.25) is 14.9 Å². The molecule has 0 aliphatic carbocycles. The normalized spacial score (nSPS) is 16.4. The van der Waals surface area contributed by atoms with Gasteiger partial charge in [-0.15, -0.1) is 0 Å². The minimum absolute atomic E-state index is 0.0679. The van der Waals surface area contributed by atoms with Gasteiger partial charge in [0.05, 0.1) is 26.5 Å². The topological polar surface area (TPSA) is 94.2 Å². The lowest BCUT2D eigenvalue weighted by Gasteiger charge is -2.31. The van der Waals surface area contributed by atoms with E-state index in [2.05, 4.69) is 5.32 Å². The van der Waals surface area contributed by atoms with Crippen LogP contribution in [0.1, 0.15) is 12.5 Å². The van der Waals surface area contributed by atoms with Gasteiger partial charge in [0.25, 0.3) is 0 Å².